The Hall–Kier alpha value is -2.44. The van der Waals surface area contributed by atoms with Crippen LogP contribution < -0.4 is 4.74 Å². The van der Waals surface area contributed by atoms with Crippen LogP contribution in [0, 0.1) is 0 Å². The number of piperidine rings is 1. The minimum absolute atomic E-state index is 0.0706. The Kier molecular flexibility index (Phi) is 3.81. The molecule has 1 saturated heterocycles. The summed E-state index contributed by atoms with van der Waals surface area (Å²) in [4.78, 5) is 22.5. The maximum Gasteiger partial charge on any atom is 0.272 e. The molecule has 0 N–H and O–H groups in total. The second kappa shape index (κ2) is 5.90. The first-order chi connectivity index (χ1) is 10.3. The summed E-state index contributed by atoms with van der Waals surface area (Å²) in [6.07, 6.45) is 6.75. The molecule has 0 aliphatic carbocycles. The van der Waals surface area contributed by atoms with E-state index < -0.39 is 0 Å². The lowest BCUT2D eigenvalue weighted by atomic mass is 10.1. The summed E-state index contributed by atoms with van der Waals surface area (Å²) in [6.45, 7) is 1.37. The maximum atomic E-state index is 12.5. The molecular weight excluding hydrogens is 270 g/mol. The molecule has 1 unspecified atom stereocenters. The van der Waals surface area contributed by atoms with Crippen LogP contribution in [-0.2, 0) is 0 Å². The van der Waals surface area contributed by atoms with Crippen LogP contribution in [0.4, 0.5) is 0 Å². The molecule has 110 valence electrons. The summed E-state index contributed by atoms with van der Waals surface area (Å²) in [5.74, 6) is 0.567. The fraction of sp³-hybridized carbons (Fsp3) is 0.429. The molecule has 1 aliphatic heterocycles. The zero-order valence-corrected chi connectivity index (χ0v) is 11.8. The smallest absolute Gasteiger partial charge is 0.272 e. The largest absolute Gasteiger partial charge is 0.497 e. The average Bonchev–Trinajstić information content (AvgIpc) is 3.09. The molecule has 0 spiro atoms. The number of nitrogens with zero attached hydrogens (tertiary/aromatic N) is 5. The van der Waals surface area contributed by atoms with Gasteiger partial charge < -0.3 is 9.64 Å². The standard InChI is InChI=1S/C14H17N5O2/c1-21-12-4-5-16-13(7-12)14(20)18-6-2-3-11(8-18)19-10-15-9-17-19/h4-5,7,9-11H,2-3,6,8H2,1H3. The molecule has 1 atom stereocenters. The zero-order valence-electron chi connectivity index (χ0n) is 11.8. The van der Waals surface area contributed by atoms with E-state index in [2.05, 4.69) is 15.1 Å². The van der Waals surface area contributed by atoms with E-state index in [0.717, 1.165) is 19.4 Å². The number of likely N-dealkylation sites (tertiary alicyclic amines) is 1. The molecule has 7 nitrogen and oxygen atoms in total. The van der Waals surface area contributed by atoms with Gasteiger partial charge in [-0.05, 0) is 18.9 Å². The maximum absolute atomic E-state index is 12.5. The molecule has 2 aromatic heterocycles. The highest BCUT2D eigenvalue weighted by Gasteiger charge is 2.26. The van der Waals surface area contributed by atoms with Crippen molar-refractivity contribution < 1.29 is 9.53 Å². The number of pyridine rings is 1. The van der Waals surface area contributed by atoms with Gasteiger partial charge in [-0.3, -0.25) is 9.78 Å². The van der Waals surface area contributed by atoms with Gasteiger partial charge in [-0.2, -0.15) is 5.10 Å². The van der Waals surface area contributed by atoms with Crippen LogP contribution in [0.2, 0.25) is 0 Å². The molecule has 21 heavy (non-hydrogen) atoms. The number of amides is 1. The molecule has 0 aromatic carbocycles. The number of ether oxygens (including phenoxy) is 1. The zero-order chi connectivity index (χ0) is 14.7. The topological polar surface area (TPSA) is 73.1 Å². The van der Waals surface area contributed by atoms with Gasteiger partial charge in [-0.25, -0.2) is 9.67 Å². The van der Waals surface area contributed by atoms with Crippen LogP contribution in [0.25, 0.3) is 0 Å². The molecule has 7 heteroatoms. The van der Waals surface area contributed by atoms with Gasteiger partial charge in [0.2, 0.25) is 0 Å². The number of carbonyl (C=O) groups is 1. The molecule has 3 rings (SSSR count). The molecule has 2 aromatic rings. The number of hydrogen-bond donors (Lipinski definition) is 0. The van der Waals surface area contributed by atoms with Gasteiger partial charge in [0.25, 0.3) is 5.91 Å². The van der Waals surface area contributed by atoms with E-state index in [-0.39, 0.29) is 11.9 Å². The Balaban J connectivity index is 1.74. The molecule has 3 heterocycles. The number of aromatic nitrogens is 4. The summed E-state index contributed by atoms with van der Waals surface area (Å²) in [6, 6.07) is 3.57. The Morgan fingerprint density at radius 1 is 1.48 bits per heavy atom. The van der Waals surface area contributed by atoms with E-state index in [1.165, 1.54) is 6.33 Å². The summed E-state index contributed by atoms with van der Waals surface area (Å²) in [5, 5.41) is 4.17. The Morgan fingerprint density at radius 3 is 3.14 bits per heavy atom. The minimum atomic E-state index is -0.0706. The highest BCUT2D eigenvalue weighted by atomic mass is 16.5. The van der Waals surface area contributed by atoms with Crippen LogP contribution in [0.5, 0.6) is 5.75 Å². The first-order valence-electron chi connectivity index (χ1n) is 6.91. The second-order valence-electron chi connectivity index (χ2n) is 5.00. The van der Waals surface area contributed by atoms with E-state index in [1.54, 1.807) is 31.8 Å². The van der Waals surface area contributed by atoms with E-state index in [0.29, 0.717) is 18.0 Å². The molecule has 1 fully saturated rings. The third-order valence-electron chi connectivity index (χ3n) is 3.68. The van der Waals surface area contributed by atoms with E-state index in [4.69, 9.17) is 4.74 Å². The van der Waals surface area contributed by atoms with Gasteiger partial charge in [0.15, 0.2) is 0 Å². The van der Waals surface area contributed by atoms with Crippen molar-refractivity contribution in [2.75, 3.05) is 20.2 Å². The van der Waals surface area contributed by atoms with Crippen molar-refractivity contribution in [1.82, 2.24) is 24.6 Å². The van der Waals surface area contributed by atoms with Crippen LogP contribution >= 0.6 is 0 Å². The summed E-state index contributed by atoms with van der Waals surface area (Å²) < 4.78 is 6.96. The predicted molar refractivity (Wildman–Crippen MR) is 75.0 cm³/mol. The van der Waals surface area contributed by atoms with Crippen molar-refractivity contribution in [2.45, 2.75) is 18.9 Å². The lowest BCUT2D eigenvalue weighted by Gasteiger charge is -2.32. The van der Waals surface area contributed by atoms with Crippen molar-refractivity contribution in [1.29, 1.82) is 0 Å². The summed E-state index contributed by atoms with van der Waals surface area (Å²) in [7, 11) is 1.57. The Bertz CT molecular complexity index is 614. The minimum Gasteiger partial charge on any atom is -0.497 e. The van der Waals surface area contributed by atoms with Crippen molar-refractivity contribution in [3.8, 4) is 5.75 Å². The third-order valence-corrected chi connectivity index (χ3v) is 3.68. The number of carbonyl (C=O) groups excluding carboxylic acids is 1. The van der Waals surface area contributed by atoms with Gasteiger partial charge in [-0.15, -0.1) is 0 Å². The van der Waals surface area contributed by atoms with Crippen molar-refractivity contribution in [3.05, 3.63) is 36.7 Å². The van der Waals surface area contributed by atoms with Crippen molar-refractivity contribution in [2.24, 2.45) is 0 Å². The van der Waals surface area contributed by atoms with Crippen LogP contribution in [0.1, 0.15) is 29.4 Å². The van der Waals surface area contributed by atoms with Gasteiger partial charge in [0, 0.05) is 25.4 Å². The van der Waals surface area contributed by atoms with Crippen molar-refractivity contribution >= 4 is 5.91 Å². The second-order valence-corrected chi connectivity index (χ2v) is 5.00. The van der Waals surface area contributed by atoms with Crippen LogP contribution in [0.3, 0.4) is 0 Å². The average molecular weight is 287 g/mol. The molecule has 0 bridgehead atoms. The quantitative estimate of drug-likeness (QED) is 0.847. The lowest BCUT2D eigenvalue weighted by Crippen LogP contribution is -2.41. The lowest BCUT2D eigenvalue weighted by molar-refractivity contribution is 0.0666. The van der Waals surface area contributed by atoms with Gasteiger partial charge in [-0.1, -0.05) is 0 Å². The van der Waals surface area contributed by atoms with E-state index in [9.17, 15) is 4.79 Å². The highest BCUT2D eigenvalue weighted by Crippen LogP contribution is 2.22. The normalized spacial score (nSPS) is 18.5. The molecule has 1 amide bonds. The van der Waals surface area contributed by atoms with Crippen LogP contribution in [0.15, 0.2) is 31.0 Å². The summed E-state index contributed by atoms with van der Waals surface area (Å²) >= 11 is 0. The Labute approximate surface area is 122 Å². The number of rotatable bonds is 3. The third kappa shape index (κ3) is 2.86. The molecule has 0 saturated carbocycles. The number of methoxy groups -OCH3 is 1. The molecular formula is C14H17N5O2. The molecule has 1 aliphatic rings. The van der Waals surface area contributed by atoms with Crippen molar-refractivity contribution in [3.63, 3.8) is 0 Å². The number of hydrogen-bond acceptors (Lipinski definition) is 5. The Morgan fingerprint density at radius 2 is 2.38 bits per heavy atom. The van der Waals surface area contributed by atoms with E-state index >= 15 is 0 Å². The van der Waals surface area contributed by atoms with E-state index in [1.807, 2.05) is 9.58 Å². The van der Waals surface area contributed by atoms with Crippen LogP contribution in [-0.4, -0.2) is 50.8 Å². The van der Waals surface area contributed by atoms with Gasteiger partial charge >= 0.3 is 0 Å². The molecule has 0 radical (unpaired) electrons. The SMILES string of the molecule is COc1ccnc(C(=O)N2CCCC(n3cncn3)C2)c1. The van der Waals surface area contributed by atoms with Gasteiger partial charge in [0.05, 0.1) is 13.2 Å². The fourth-order valence-electron chi connectivity index (χ4n) is 2.58. The highest BCUT2D eigenvalue weighted by molar-refractivity contribution is 5.92. The first kappa shape index (κ1) is 13.5. The summed E-state index contributed by atoms with van der Waals surface area (Å²) in [5.41, 5.74) is 0.411. The fourth-order valence-corrected chi connectivity index (χ4v) is 2.58. The first-order valence-corrected chi connectivity index (χ1v) is 6.91. The predicted octanol–water partition coefficient (Wildman–Crippen LogP) is 1.16. The monoisotopic (exact) mass is 287 g/mol. The van der Waals surface area contributed by atoms with Gasteiger partial charge in [0.1, 0.15) is 24.1 Å².